The third kappa shape index (κ3) is 3.45. The van der Waals surface area contributed by atoms with Crippen molar-refractivity contribution < 1.29 is 4.79 Å². The van der Waals surface area contributed by atoms with Gasteiger partial charge in [0.25, 0.3) is 5.91 Å². The Bertz CT molecular complexity index is 661. The molecule has 0 spiro atoms. The van der Waals surface area contributed by atoms with Crippen molar-refractivity contribution in [1.29, 1.82) is 0 Å². The number of carbonyl (C=O) groups is 1. The Morgan fingerprint density at radius 1 is 1.19 bits per heavy atom. The van der Waals surface area contributed by atoms with E-state index < -0.39 is 0 Å². The van der Waals surface area contributed by atoms with Gasteiger partial charge in [0, 0.05) is 34.1 Å². The van der Waals surface area contributed by atoms with Crippen LogP contribution in [0.4, 0.5) is 5.69 Å². The zero-order chi connectivity index (χ0) is 15.6. The molecule has 4 heteroatoms. The fourth-order valence-electron chi connectivity index (χ4n) is 2.50. The fourth-order valence-corrected chi connectivity index (χ4v) is 3.52. The molecule has 1 aromatic carbocycles. The quantitative estimate of drug-likeness (QED) is 0.888. The number of anilines is 1. The number of thiophene rings is 1. The lowest BCUT2D eigenvalue weighted by atomic mass is 10.1. The third-order valence-corrected chi connectivity index (χ3v) is 4.62. The molecular formula is C17H22N2OS. The number of benzene rings is 1. The Kier molecular flexibility index (Phi) is 4.68. The Hall–Kier alpha value is -1.81. The second kappa shape index (κ2) is 6.31. The number of nitrogens with one attached hydrogen (secondary N) is 2. The molecule has 2 aromatic rings. The maximum Gasteiger partial charge on any atom is 0.251 e. The molecule has 0 aliphatic heterocycles. The highest BCUT2D eigenvalue weighted by Crippen LogP contribution is 2.29. The van der Waals surface area contributed by atoms with Crippen molar-refractivity contribution in [2.45, 2.75) is 33.7 Å². The van der Waals surface area contributed by atoms with Crippen molar-refractivity contribution in [3.8, 4) is 0 Å². The minimum absolute atomic E-state index is 0.0537. The predicted molar refractivity (Wildman–Crippen MR) is 90.4 cm³/mol. The van der Waals surface area contributed by atoms with E-state index >= 15 is 0 Å². The summed E-state index contributed by atoms with van der Waals surface area (Å²) < 4.78 is 0. The van der Waals surface area contributed by atoms with Gasteiger partial charge < -0.3 is 10.6 Å². The van der Waals surface area contributed by atoms with Gasteiger partial charge in [-0.3, -0.25) is 4.79 Å². The predicted octanol–water partition coefficient (Wildman–Crippen LogP) is 4.21. The second-order valence-corrected chi connectivity index (χ2v) is 6.80. The summed E-state index contributed by atoms with van der Waals surface area (Å²) >= 11 is 1.83. The summed E-state index contributed by atoms with van der Waals surface area (Å²) in [7, 11) is 1.65. The van der Waals surface area contributed by atoms with Gasteiger partial charge in [-0.2, -0.15) is 0 Å². The highest BCUT2D eigenvalue weighted by atomic mass is 32.1. The van der Waals surface area contributed by atoms with Crippen LogP contribution in [0.15, 0.2) is 24.3 Å². The Balaban J connectivity index is 2.20. The van der Waals surface area contributed by atoms with Crippen molar-refractivity contribution in [3.63, 3.8) is 0 Å². The summed E-state index contributed by atoms with van der Waals surface area (Å²) in [5, 5.41) is 6.19. The van der Waals surface area contributed by atoms with E-state index in [9.17, 15) is 4.79 Å². The van der Waals surface area contributed by atoms with Gasteiger partial charge in [0.1, 0.15) is 0 Å². The van der Waals surface area contributed by atoms with Crippen LogP contribution >= 0.6 is 11.3 Å². The van der Waals surface area contributed by atoms with Gasteiger partial charge in [-0.1, -0.05) is 0 Å². The number of rotatable bonds is 4. The number of aryl methyl sites for hydroxylation is 3. The van der Waals surface area contributed by atoms with E-state index in [1.807, 2.05) is 36.5 Å². The molecule has 0 aliphatic rings. The summed E-state index contributed by atoms with van der Waals surface area (Å²) in [6, 6.07) is 8.24. The van der Waals surface area contributed by atoms with E-state index in [1.54, 1.807) is 7.05 Å². The average Bonchev–Trinajstić information content (AvgIpc) is 2.79. The molecule has 112 valence electrons. The number of hydrogen-bond donors (Lipinski definition) is 2. The minimum Gasteiger partial charge on any atom is -0.378 e. The molecule has 2 N–H and O–H groups in total. The average molecular weight is 302 g/mol. The molecule has 2 rings (SSSR count). The van der Waals surface area contributed by atoms with Gasteiger partial charge in [-0.15, -0.1) is 11.3 Å². The molecule has 1 atom stereocenters. The molecule has 0 saturated heterocycles. The summed E-state index contributed by atoms with van der Waals surface area (Å²) in [4.78, 5) is 14.3. The molecule has 0 fully saturated rings. The number of hydrogen-bond acceptors (Lipinski definition) is 3. The largest absolute Gasteiger partial charge is 0.378 e. The van der Waals surface area contributed by atoms with E-state index in [-0.39, 0.29) is 11.9 Å². The first-order valence-electron chi connectivity index (χ1n) is 7.08. The first-order valence-corrected chi connectivity index (χ1v) is 7.90. The SMILES string of the molecule is CNC(=O)c1ccc(NC(C)c2cc(C)sc2C)c(C)c1. The van der Waals surface area contributed by atoms with Crippen LogP contribution in [0, 0.1) is 20.8 Å². The van der Waals surface area contributed by atoms with Crippen LogP contribution in [0.5, 0.6) is 0 Å². The molecule has 21 heavy (non-hydrogen) atoms. The maximum atomic E-state index is 11.6. The molecule has 1 unspecified atom stereocenters. The molecule has 1 heterocycles. The van der Waals surface area contributed by atoms with E-state index in [2.05, 4.69) is 37.5 Å². The van der Waals surface area contributed by atoms with E-state index in [1.165, 1.54) is 15.3 Å². The van der Waals surface area contributed by atoms with Crippen LogP contribution in [0.3, 0.4) is 0 Å². The van der Waals surface area contributed by atoms with Crippen molar-refractivity contribution in [1.82, 2.24) is 5.32 Å². The molecule has 0 bridgehead atoms. The van der Waals surface area contributed by atoms with Crippen LogP contribution in [0.25, 0.3) is 0 Å². The Labute approximate surface area is 130 Å². The standard InChI is InChI=1S/C17H22N2OS/c1-10-8-14(17(20)18-5)6-7-16(10)19-12(3)15-9-11(2)21-13(15)4/h6-9,12,19H,1-5H3,(H,18,20). The first-order chi connectivity index (χ1) is 9.92. The van der Waals surface area contributed by atoms with Crippen LogP contribution in [0.1, 0.15) is 44.2 Å². The molecule has 3 nitrogen and oxygen atoms in total. The topological polar surface area (TPSA) is 41.1 Å². The van der Waals surface area contributed by atoms with Crippen LogP contribution in [-0.2, 0) is 0 Å². The fraction of sp³-hybridized carbons (Fsp3) is 0.353. The van der Waals surface area contributed by atoms with Gasteiger partial charge in [0.05, 0.1) is 0 Å². The monoisotopic (exact) mass is 302 g/mol. The number of amides is 1. The van der Waals surface area contributed by atoms with Gasteiger partial charge in [-0.05, 0) is 63.1 Å². The molecule has 0 radical (unpaired) electrons. The third-order valence-electron chi connectivity index (χ3n) is 3.63. The van der Waals surface area contributed by atoms with Crippen molar-refractivity contribution in [3.05, 3.63) is 50.7 Å². The van der Waals surface area contributed by atoms with Gasteiger partial charge in [-0.25, -0.2) is 0 Å². The van der Waals surface area contributed by atoms with Crippen LogP contribution < -0.4 is 10.6 Å². The zero-order valence-electron chi connectivity index (χ0n) is 13.2. The summed E-state index contributed by atoms with van der Waals surface area (Å²) in [5.74, 6) is -0.0537. The lowest BCUT2D eigenvalue weighted by molar-refractivity contribution is 0.0963. The normalized spacial score (nSPS) is 12.0. The molecule has 0 saturated carbocycles. The van der Waals surface area contributed by atoms with Crippen LogP contribution in [-0.4, -0.2) is 13.0 Å². The lowest BCUT2D eigenvalue weighted by Gasteiger charge is -2.17. The lowest BCUT2D eigenvalue weighted by Crippen LogP contribution is -2.18. The minimum atomic E-state index is -0.0537. The molecule has 0 aliphatic carbocycles. The van der Waals surface area contributed by atoms with Crippen molar-refractivity contribution in [2.75, 3.05) is 12.4 Å². The van der Waals surface area contributed by atoms with E-state index in [4.69, 9.17) is 0 Å². The van der Waals surface area contributed by atoms with Crippen LogP contribution in [0.2, 0.25) is 0 Å². The summed E-state index contributed by atoms with van der Waals surface area (Å²) in [6.07, 6.45) is 0. The van der Waals surface area contributed by atoms with Crippen molar-refractivity contribution >= 4 is 22.9 Å². The van der Waals surface area contributed by atoms with E-state index in [0.29, 0.717) is 5.56 Å². The highest BCUT2D eigenvalue weighted by molar-refractivity contribution is 7.12. The first kappa shape index (κ1) is 15.6. The van der Waals surface area contributed by atoms with E-state index in [0.717, 1.165) is 11.3 Å². The highest BCUT2D eigenvalue weighted by Gasteiger charge is 2.13. The van der Waals surface area contributed by atoms with Gasteiger partial charge in [0.15, 0.2) is 0 Å². The Morgan fingerprint density at radius 3 is 2.43 bits per heavy atom. The number of carbonyl (C=O) groups excluding carboxylic acids is 1. The summed E-state index contributed by atoms with van der Waals surface area (Å²) in [5.41, 5.74) is 4.17. The zero-order valence-corrected chi connectivity index (χ0v) is 14.0. The Morgan fingerprint density at radius 2 is 1.90 bits per heavy atom. The second-order valence-electron chi connectivity index (χ2n) is 5.34. The van der Waals surface area contributed by atoms with Gasteiger partial charge >= 0.3 is 0 Å². The summed E-state index contributed by atoms with van der Waals surface area (Å²) in [6.45, 7) is 8.48. The maximum absolute atomic E-state index is 11.6. The molecule has 1 aromatic heterocycles. The molecule has 1 amide bonds. The molecular weight excluding hydrogens is 280 g/mol. The smallest absolute Gasteiger partial charge is 0.251 e. The van der Waals surface area contributed by atoms with Crippen molar-refractivity contribution in [2.24, 2.45) is 0 Å². The van der Waals surface area contributed by atoms with Gasteiger partial charge in [0.2, 0.25) is 0 Å².